The lowest BCUT2D eigenvalue weighted by molar-refractivity contribution is -0.150. The minimum absolute atomic E-state index is 0.195. The van der Waals surface area contributed by atoms with Crippen molar-refractivity contribution in [3.8, 4) is 0 Å². The number of benzene rings is 1. The van der Waals surface area contributed by atoms with Crippen LogP contribution in [-0.2, 0) is 29.5 Å². The number of hydrogen-bond acceptors (Lipinski definition) is 8. The molecule has 166 valence electrons. The van der Waals surface area contributed by atoms with Gasteiger partial charge < -0.3 is 15.3 Å². The maximum atomic E-state index is 12.8. The molecule has 0 spiro atoms. The number of carbonyl (C=O) groups excluding carboxylic acids is 2. The molecule has 2 aliphatic heterocycles. The average Bonchev–Trinajstić information content (AvgIpc) is 2.73. The number of carbonyl (C=O) groups is 3. The van der Waals surface area contributed by atoms with Crippen LogP contribution in [0.2, 0.25) is 0 Å². The van der Waals surface area contributed by atoms with E-state index in [0.717, 1.165) is 4.90 Å². The van der Waals surface area contributed by atoms with E-state index in [2.05, 4.69) is 15.3 Å². The Hall–Kier alpha value is -2.94. The average molecular weight is 470 g/mol. The van der Waals surface area contributed by atoms with Crippen LogP contribution < -0.4 is 10.0 Å². The molecule has 1 unspecified atom stereocenters. The number of amides is 2. The zero-order valence-electron chi connectivity index (χ0n) is 16.0. The van der Waals surface area contributed by atoms with E-state index in [1.165, 1.54) is 37.2 Å². The number of rotatable bonds is 8. The largest absolute Gasteiger partial charge is 0.477 e. The lowest BCUT2D eigenvalue weighted by Crippen LogP contribution is -2.71. The van der Waals surface area contributed by atoms with E-state index in [-0.39, 0.29) is 22.6 Å². The number of fused-ring (bicyclic) bond motifs is 1. The van der Waals surface area contributed by atoms with Crippen molar-refractivity contribution in [2.45, 2.75) is 17.5 Å². The smallest absolute Gasteiger partial charge is 0.353 e. The lowest BCUT2D eigenvalue weighted by Gasteiger charge is -2.49. The Bertz CT molecular complexity index is 1060. The Morgan fingerprint density at radius 3 is 2.61 bits per heavy atom. The molecule has 31 heavy (non-hydrogen) atoms. The molecule has 0 saturated carbocycles. The van der Waals surface area contributed by atoms with E-state index in [0.29, 0.717) is 0 Å². The molecule has 1 aromatic carbocycles. The van der Waals surface area contributed by atoms with E-state index in [1.54, 1.807) is 18.2 Å². The first-order chi connectivity index (χ1) is 14.6. The third-order valence-corrected chi connectivity index (χ3v) is 6.31. The molecule has 2 aliphatic rings. The van der Waals surface area contributed by atoms with Gasteiger partial charge >= 0.3 is 16.3 Å². The zero-order valence-corrected chi connectivity index (χ0v) is 17.6. The Kier molecular flexibility index (Phi) is 6.64. The standard InChI is InChI=1S/C17H18N4O8S2/c1-29-18-7-10-8-30-16-12(15(23)21(16)13(10)17(24)25)19-14(22)11(20-31(26,27)28)9-5-3-2-4-6-9/h2-7,11-12,16,20H,8H2,1H3,(H,19,22)(H,24,25)(H,26,27,28)/t11?,12-,16-/m1/s1. The van der Waals surface area contributed by atoms with Crippen LogP contribution in [0, 0.1) is 0 Å². The van der Waals surface area contributed by atoms with Crippen LogP contribution in [0.4, 0.5) is 0 Å². The van der Waals surface area contributed by atoms with E-state index >= 15 is 0 Å². The quantitative estimate of drug-likeness (QED) is 0.169. The molecule has 3 rings (SSSR count). The molecule has 1 aromatic rings. The fourth-order valence-electron chi connectivity index (χ4n) is 3.16. The second-order valence-electron chi connectivity index (χ2n) is 6.43. The van der Waals surface area contributed by atoms with E-state index in [4.69, 9.17) is 4.55 Å². The van der Waals surface area contributed by atoms with E-state index in [1.807, 2.05) is 4.72 Å². The number of hydrogen-bond donors (Lipinski definition) is 4. The maximum Gasteiger partial charge on any atom is 0.353 e. The summed E-state index contributed by atoms with van der Waals surface area (Å²) in [6, 6.07) is 5.16. The predicted octanol–water partition coefficient (Wildman–Crippen LogP) is -0.509. The Labute approximate surface area is 181 Å². The molecule has 0 bridgehead atoms. The summed E-state index contributed by atoms with van der Waals surface area (Å²) >= 11 is 1.20. The van der Waals surface area contributed by atoms with Crippen molar-refractivity contribution in [2.75, 3.05) is 12.9 Å². The van der Waals surface area contributed by atoms with Gasteiger partial charge in [0.15, 0.2) is 0 Å². The molecular formula is C17H18N4O8S2. The molecule has 4 N–H and O–H groups in total. The number of β-lactam (4-membered cyclic amide) rings is 1. The number of carboxylic acids is 1. The highest BCUT2D eigenvalue weighted by Crippen LogP contribution is 2.40. The van der Waals surface area contributed by atoms with Crippen molar-refractivity contribution in [1.29, 1.82) is 0 Å². The minimum atomic E-state index is -4.74. The van der Waals surface area contributed by atoms with Crippen molar-refractivity contribution < 1.29 is 37.3 Å². The molecule has 1 saturated heterocycles. The summed E-state index contributed by atoms with van der Waals surface area (Å²) in [6.07, 6.45) is 1.20. The summed E-state index contributed by atoms with van der Waals surface area (Å²) in [5, 5.41) is 14.8. The van der Waals surface area contributed by atoms with E-state index < -0.39 is 45.5 Å². The van der Waals surface area contributed by atoms with Crippen LogP contribution in [0.1, 0.15) is 11.6 Å². The SMILES string of the molecule is CON=CC1=C(C(=O)O)N2C(=O)[C@@H](NC(=O)C(NS(=O)(=O)O)c3ccccc3)[C@H]2SC1. The van der Waals surface area contributed by atoms with Gasteiger partial charge in [-0.05, 0) is 5.56 Å². The number of carboxylic acid groups (broad SMARTS) is 1. The first-order valence-electron chi connectivity index (χ1n) is 8.71. The van der Waals surface area contributed by atoms with Gasteiger partial charge in [0, 0.05) is 11.3 Å². The van der Waals surface area contributed by atoms with Crippen LogP contribution in [0.3, 0.4) is 0 Å². The van der Waals surface area contributed by atoms with Gasteiger partial charge in [-0.2, -0.15) is 13.1 Å². The highest BCUT2D eigenvalue weighted by molar-refractivity contribution is 8.00. The van der Waals surface area contributed by atoms with Gasteiger partial charge in [-0.3, -0.25) is 19.0 Å². The Morgan fingerprint density at radius 1 is 1.35 bits per heavy atom. The fraction of sp³-hybridized carbons (Fsp3) is 0.294. The van der Waals surface area contributed by atoms with Crippen molar-refractivity contribution in [2.24, 2.45) is 5.16 Å². The number of aliphatic carboxylic acids is 1. The highest BCUT2D eigenvalue weighted by Gasteiger charge is 2.54. The molecule has 12 nitrogen and oxygen atoms in total. The molecule has 1 fully saturated rings. The molecule has 0 aromatic heterocycles. The number of oxime groups is 1. The van der Waals surface area contributed by atoms with Gasteiger partial charge in [-0.25, -0.2) is 4.79 Å². The van der Waals surface area contributed by atoms with Crippen molar-refractivity contribution in [3.63, 3.8) is 0 Å². The lowest BCUT2D eigenvalue weighted by atomic mass is 10.0. The van der Waals surface area contributed by atoms with Crippen LogP contribution in [0.15, 0.2) is 46.8 Å². The van der Waals surface area contributed by atoms with Crippen molar-refractivity contribution >= 4 is 46.1 Å². The summed E-state index contributed by atoms with van der Waals surface area (Å²) in [5.74, 6) is -2.70. The third-order valence-electron chi connectivity index (χ3n) is 4.47. The van der Waals surface area contributed by atoms with E-state index in [9.17, 15) is 27.9 Å². The van der Waals surface area contributed by atoms with Crippen molar-refractivity contribution in [1.82, 2.24) is 14.9 Å². The summed E-state index contributed by atoms with van der Waals surface area (Å²) in [4.78, 5) is 42.7. The Morgan fingerprint density at radius 2 is 2.03 bits per heavy atom. The van der Waals surface area contributed by atoms with Gasteiger partial charge in [0.1, 0.15) is 30.3 Å². The highest BCUT2D eigenvalue weighted by atomic mass is 32.2. The third kappa shape index (κ3) is 4.87. The fourth-order valence-corrected chi connectivity index (χ4v) is 5.00. The molecule has 0 aliphatic carbocycles. The van der Waals surface area contributed by atoms with Crippen LogP contribution in [0.25, 0.3) is 0 Å². The molecule has 2 amide bonds. The van der Waals surface area contributed by atoms with Gasteiger partial charge in [-0.1, -0.05) is 35.5 Å². The summed E-state index contributed by atoms with van der Waals surface area (Å²) in [7, 11) is -3.44. The molecule has 0 radical (unpaired) electrons. The molecule has 3 atom stereocenters. The molecule has 14 heteroatoms. The number of nitrogens with one attached hydrogen (secondary N) is 2. The predicted molar refractivity (Wildman–Crippen MR) is 109 cm³/mol. The number of nitrogens with zero attached hydrogens (tertiary/aromatic N) is 2. The summed E-state index contributed by atoms with van der Waals surface area (Å²) in [5.41, 5.74) is 0.237. The zero-order chi connectivity index (χ0) is 22.8. The van der Waals surface area contributed by atoms with Crippen LogP contribution in [0.5, 0.6) is 0 Å². The van der Waals surface area contributed by atoms with Crippen LogP contribution >= 0.6 is 11.8 Å². The number of thioether (sulfide) groups is 1. The summed E-state index contributed by atoms with van der Waals surface area (Å²) < 4.78 is 33.6. The maximum absolute atomic E-state index is 12.8. The van der Waals surface area contributed by atoms with Crippen LogP contribution in [-0.4, -0.2) is 71.3 Å². The second-order valence-corrected chi connectivity index (χ2v) is 8.72. The van der Waals surface area contributed by atoms with Gasteiger partial charge in [-0.15, -0.1) is 11.8 Å². The molecule has 2 heterocycles. The molecular weight excluding hydrogens is 452 g/mol. The Balaban J connectivity index is 1.82. The van der Waals surface area contributed by atoms with Gasteiger partial charge in [0.05, 0.1) is 6.21 Å². The summed E-state index contributed by atoms with van der Waals surface area (Å²) in [6.45, 7) is 0. The van der Waals surface area contributed by atoms with Crippen molar-refractivity contribution in [3.05, 3.63) is 47.2 Å². The van der Waals surface area contributed by atoms with Gasteiger partial charge in [0.25, 0.3) is 5.91 Å². The normalized spacial score (nSPS) is 22.0. The van der Waals surface area contributed by atoms with Gasteiger partial charge in [0.2, 0.25) is 5.91 Å². The topological polar surface area (TPSA) is 175 Å². The minimum Gasteiger partial charge on any atom is -0.477 e. The second kappa shape index (κ2) is 9.05. The first kappa shape index (κ1) is 22.7. The monoisotopic (exact) mass is 470 g/mol. The first-order valence-corrected chi connectivity index (χ1v) is 11.2.